The van der Waals surface area contributed by atoms with Crippen LogP contribution in [-0.2, 0) is 0 Å². The molecule has 0 heterocycles. The van der Waals surface area contributed by atoms with Gasteiger partial charge in [0.25, 0.3) is 0 Å². The molecule has 5 N–H and O–H groups in total. The summed E-state index contributed by atoms with van der Waals surface area (Å²) in [6.45, 7) is 0. The Bertz CT molecular complexity index is 294. The third-order valence-corrected chi connectivity index (χ3v) is 1.56. The van der Waals surface area contributed by atoms with Gasteiger partial charge < -0.3 is 25.5 Å². The van der Waals surface area contributed by atoms with Crippen molar-refractivity contribution in [2.24, 2.45) is 0 Å². The van der Waals surface area contributed by atoms with Crippen LogP contribution in [0.5, 0.6) is 5.75 Å². The maximum Gasteiger partial charge on any atom is 0.569 e. The van der Waals surface area contributed by atoms with Gasteiger partial charge in [-0.15, -0.1) is 0 Å². The molecule has 0 bridgehead atoms. The van der Waals surface area contributed by atoms with E-state index in [2.05, 4.69) is 4.65 Å². The highest BCUT2D eigenvalue weighted by atomic mass is 16.5. The van der Waals surface area contributed by atoms with Crippen LogP contribution in [0, 0.1) is 0 Å². The van der Waals surface area contributed by atoms with Gasteiger partial charge in [0.2, 0.25) is 0 Å². The summed E-state index contributed by atoms with van der Waals surface area (Å²) in [5.74, 6) is 0.174. The average molecular weight is 180 g/mol. The van der Waals surface area contributed by atoms with Gasteiger partial charge >= 0.3 is 14.8 Å². The van der Waals surface area contributed by atoms with E-state index >= 15 is 0 Å². The molecule has 0 aliphatic carbocycles. The van der Waals surface area contributed by atoms with E-state index in [1.807, 2.05) is 0 Å². The molecule has 13 heavy (non-hydrogen) atoms. The second-order valence-corrected chi connectivity index (χ2v) is 2.36. The summed E-state index contributed by atoms with van der Waals surface area (Å²) in [4.78, 5) is 0. The molecule has 5 nitrogen and oxygen atoms in total. The number of hydrogen-bond acceptors (Lipinski definition) is 5. The molecule has 0 spiro atoms. The third-order valence-electron chi connectivity index (χ3n) is 1.56. The van der Waals surface area contributed by atoms with Crippen LogP contribution in [0.4, 0.5) is 5.69 Å². The zero-order chi connectivity index (χ0) is 9.84. The van der Waals surface area contributed by atoms with Crippen LogP contribution in [0.25, 0.3) is 0 Å². The van der Waals surface area contributed by atoms with E-state index in [-0.39, 0.29) is 16.9 Å². The van der Waals surface area contributed by atoms with Crippen LogP contribution in [0.1, 0.15) is 0 Å². The minimum atomic E-state index is -1.65. The Labute approximate surface area is 76.2 Å². The van der Waals surface area contributed by atoms with Gasteiger partial charge in [-0.2, -0.15) is 0 Å². The van der Waals surface area contributed by atoms with Crippen molar-refractivity contribution < 1.29 is 19.7 Å². The summed E-state index contributed by atoms with van der Waals surface area (Å²) >= 11 is 0. The van der Waals surface area contributed by atoms with E-state index < -0.39 is 7.12 Å². The Hall–Kier alpha value is -1.17. The van der Waals surface area contributed by atoms with E-state index in [4.69, 9.17) is 20.8 Å². The van der Waals surface area contributed by atoms with Crippen LogP contribution >= 0.6 is 0 Å². The van der Waals surface area contributed by atoms with Crippen molar-refractivity contribution in [1.29, 1.82) is 0 Å². The Morgan fingerprint density at radius 2 is 2.08 bits per heavy atom. The van der Waals surface area contributed by atoms with Gasteiger partial charge in [0.05, 0.1) is 5.69 Å². The van der Waals surface area contributed by atoms with Gasteiger partial charge in [-0.05, 0) is 6.07 Å². The number of anilines is 1. The van der Waals surface area contributed by atoms with Gasteiger partial charge in [0.15, 0.2) is 0 Å². The fourth-order valence-electron chi connectivity index (χ4n) is 0.946. The lowest BCUT2D eigenvalue weighted by Crippen LogP contribution is -2.32. The summed E-state index contributed by atoms with van der Waals surface area (Å²) in [5.41, 5.74) is 5.72. The molecule has 1 radical (unpaired) electrons. The predicted molar refractivity (Wildman–Crippen MR) is 49.3 cm³/mol. The second kappa shape index (κ2) is 4.18. The highest BCUT2D eigenvalue weighted by Crippen LogP contribution is 2.17. The summed E-state index contributed by atoms with van der Waals surface area (Å²) in [7, 11) is -1.18. The Morgan fingerprint density at radius 3 is 2.62 bits per heavy atom. The number of rotatable bonds is 3. The number of hydrogen-bond donors (Lipinski definition) is 4. The first-order chi connectivity index (χ1) is 6.16. The predicted octanol–water partition coefficient (Wildman–Crippen LogP) is -2.15. The van der Waals surface area contributed by atoms with Crippen molar-refractivity contribution >= 4 is 26.0 Å². The first-order valence-corrected chi connectivity index (χ1v) is 3.54. The van der Waals surface area contributed by atoms with Gasteiger partial charge in [0.1, 0.15) is 5.75 Å². The average Bonchev–Trinajstić information content (AvgIpc) is 2.08. The van der Waals surface area contributed by atoms with Crippen molar-refractivity contribution in [3.8, 4) is 5.75 Å². The Balaban J connectivity index is 3.03. The molecule has 0 unspecified atom stereocenters. The lowest BCUT2D eigenvalue weighted by atomic mass is 9.79. The van der Waals surface area contributed by atoms with Crippen LogP contribution in [-0.4, -0.2) is 29.9 Å². The molecular weight excluding hydrogens is 172 g/mol. The summed E-state index contributed by atoms with van der Waals surface area (Å²) < 4.78 is 4.61. The van der Waals surface area contributed by atoms with Crippen LogP contribution < -0.4 is 15.9 Å². The molecule has 0 saturated heterocycles. The fourth-order valence-corrected chi connectivity index (χ4v) is 0.946. The minimum Gasteiger partial charge on any atom is -0.536 e. The van der Waals surface area contributed by atoms with Crippen LogP contribution in [0.2, 0.25) is 0 Å². The molecule has 0 aliphatic heterocycles. The lowest BCUT2D eigenvalue weighted by Gasteiger charge is -2.09. The molecule has 0 fully saturated rings. The van der Waals surface area contributed by atoms with Crippen molar-refractivity contribution in [2.75, 3.05) is 5.73 Å². The lowest BCUT2D eigenvalue weighted by molar-refractivity contribution is 0.425. The number of nitrogens with two attached hydrogens (primary N) is 1. The number of nitrogen functional groups attached to an aromatic ring is 1. The van der Waals surface area contributed by atoms with Gasteiger partial charge in [-0.1, -0.05) is 12.1 Å². The van der Waals surface area contributed by atoms with E-state index in [1.165, 1.54) is 18.2 Å². The summed E-state index contributed by atoms with van der Waals surface area (Å²) in [6.07, 6.45) is 0. The van der Waals surface area contributed by atoms with Gasteiger partial charge in [0, 0.05) is 5.46 Å². The maximum absolute atomic E-state index is 8.84. The van der Waals surface area contributed by atoms with E-state index in [0.29, 0.717) is 7.69 Å². The second-order valence-electron chi connectivity index (χ2n) is 2.36. The monoisotopic (exact) mass is 180 g/mol. The zero-order valence-electron chi connectivity index (χ0n) is 6.71. The Kier molecular flexibility index (Phi) is 3.18. The van der Waals surface area contributed by atoms with Crippen LogP contribution in [0.15, 0.2) is 18.2 Å². The first kappa shape index (κ1) is 9.91. The molecule has 1 rings (SSSR count). The SMILES string of the molecule is Nc1c(O[B]O)cccc1B(O)O. The van der Waals surface area contributed by atoms with Crippen molar-refractivity contribution in [3.05, 3.63) is 18.2 Å². The molecule has 1 aromatic carbocycles. The fraction of sp³-hybridized carbons (Fsp3) is 0. The Morgan fingerprint density at radius 1 is 1.38 bits per heavy atom. The highest BCUT2D eigenvalue weighted by molar-refractivity contribution is 6.60. The minimum absolute atomic E-state index is 0.0859. The van der Waals surface area contributed by atoms with E-state index in [0.717, 1.165) is 0 Å². The van der Waals surface area contributed by atoms with Crippen molar-refractivity contribution in [2.45, 2.75) is 0 Å². The smallest absolute Gasteiger partial charge is 0.536 e. The molecule has 0 atom stereocenters. The van der Waals surface area contributed by atoms with Gasteiger partial charge in [-0.25, -0.2) is 0 Å². The third kappa shape index (κ3) is 2.15. The number of benzene rings is 1. The standard InChI is InChI=1S/C6H8B2NO4/c9-6-4(8(11)12)2-1-3-5(6)13-7-10/h1-3,10-12H,9H2. The zero-order valence-corrected chi connectivity index (χ0v) is 6.71. The first-order valence-electron chi connectivity index (χ1n) is 3.54. The number of para-hydroxylation sites is 1. The summed E-state index contributed by atoms with van der Waals surface area (Å²) in [5, 5.41) is 26.0. The van der Waals surface area contributed by atoms with Crippen molar-refractivity contribution in [1.82, 2.24) is 0 Å². The molecule has 0 amide bonds. The molecule has 0 aromatic heterocycles. The normalized spacial score (nSPS) is 9.46. The van der Waals surface area contributed by atoms with Gasteiger partial charge in [-0.3, -0.25) is 0 Å². The topological polar surface area (TPSA) is 95.9 Å². The molecule has 0 saturated carbocycles. The molecule has 1 aromatic rings. The largest absolute Gasteiger partial charge is 0.569 e. The highest BCUT2D eigenvalue weighted by Gasteiger charge is 2.16. The molecule has 7 heteroatoms. The maximum atomic E-state index is 8.84. The quantitative estimate of drug-likeness (QED) is 0.314. The van der Waals surface area contributed by atoms with E-state index in [1.54, 1.807) is 0 Å². The van der Waals surface area contributed by atoms with E-state index in [9.17, 15) is 0 Å². The molecular formula is C6H8B2NO4. The van der Waals surface area contributed by atoms with Crippen LogP contribution in [0.3, 0.4) is 0 Å². The molecule has 0 aliphatic rings. The molecule has 67 valence electrons. The van der Waals surface area contributed by atoms with Crippen molar-refractivity contribution in [3.63, 3.8) is 0 Å². The summed E-state index contributed by atoms with van der Waals surface area (Å²) in [6, 6.07) is 4.47.